The molecule has 4 rings (SSSR count). The van der Waals surface area contributed by atoms with E-state index in [0.717, 1.165) is 5.69 Å². The zero-order valence-electron chi connectivity index (χ0n) is 19.8. The van der Waals surface area contributed by atoms with Crippen molar-refractivity contribution >= 4 is 25.8 Å². The van der Waals surface area contributed by atoms with Crippen LogP contribution in [0.1, 0.15) is 0 Å². The molecule has 3 aromatic carbocycles. The van der Waals surface area contributed by atoms with Crippen LogP contribution in [0.15, 0.2) is 82.6 Å². The van der Waals surface area contributed by atoms with Gasteiger partial charge in [0.15, 0.2) is 0 Å². The van der Waals surface area contributed by atoms with E-state index in [1.54, 1.807) is 43.5 Å². The number of aromatic hydroxyl groups is 1. The molecule has 36 heavy (non-hydrogen) atoms. The highest BCUT2D eigenvalue weighted by Gasteiger charge is 2.28. The Balaban J connectivity index is 0.000000253. The highest BCUT2D eigenvalue weighted by Crippen LogP contribution is 2.24. The van der Waals surface area contributed by atoms with E-state index in [2.05, 4.69) is 4.90 Å². The Kier molecular flexibility index (Phi) is 8.79. The fourth-order valence-corrected chi connectivity index (χ4v) is 5.40. The fraction of sp³-hybridized carbons (Fsp3) is 0.250. The number of hydrogen-bond acceptors (Lipinski definition) is 8. The van der Waals surface area contributed by atoms with E-state index in [1.165, 1.54) is 35.7 Å². The van der Waals surface area contributed by atoms with Gasteiger partial charge in [-0.25, -0.2) is 8.42 Å². The van der Waals surface area contributed by atoms with E-state index in [1.807, 2.05) is 12.1 Å². The molecule has 2 N–H and O–H groups in total. The highest BCUT2D eigenvalue weighted by molar-refractivity contribution is 7.89. The zero-order chi connectivity index (χ0) is 26.3. The third kappa shape index (κ3) is 6.88. The molecule has 1 heterocycles. The molecule has 10 nitrogen and oxygen atoms in total. The van der Waals surface area contributed by atoms with Crippen LogP contribution in [0.5, 0.6) is 17.2 Å². The predicted molar refractivity (Wildman–Crippen MR) is 135 cm³/mol. The first-order chi connectivity index (χ1) is 17.0. The molecule has 1 aliphatic heterocycles. The molecule has 0 aliphatic carbocycles. The average molecular weight is 537 g/mol. The van der Waals surface area contributed by atoms with Gasteiger partial charge in [-0.3, -0.25) is 4.55 Å². The van der Waals surface area contributed by atoms with Crippen molar-refractivity contribution in [1.29, 1.82) is 0 Å². The standard InChI is InChI=1S/C17H20N2O4S.C7H8O4S/c1-23-16-6-8-17(9-7-16)24(21,22)19-12-10-18(11-13-19)14-2-4-15(20)5-3-14;1-11-6-2-4-7(5-3-6)12(8,9)10/h2-9,20H,10-13H2,1H3;2-5H,1H3,(H,8,9,10). The molecule has 0 radical (unpaired) electrons. The molecule has 1 fully saturated rings. The van der Waals surface area contributed by atoms with Crippen LogP contribution in [0.4, 0.5) is 5.69 Å². The first kappa shape index (κ1) is 27.3. The SMILES string of the molecule is COc1ccc(S(=O)(=O)N2CCN(c3ccc(O)cc3)CC2)cc1.COc1ccc(S(=O)(=O)O)cc1. The van der Waals surface area contributed by atoms with Crippen molar-refractivity contribution in [1.82, 2.24) is 4.31 Å². The third-order valence-corrected chi connectivity index (χ3v) is 8.29. The van der Waals surface area contributed by atoms with Crippen LogP contribution in [0.3, 0.4) is 0 Å². The molecule has 0 bridgehead atoms. The minimum Gasteiger partial charge on any atom is -0.508 e. The van der Waals surface area contributed by atoms with Gasteiger partial charge in [0.05, 0.1) is 24.0 Å². The van der Waals surface area contributed by atoms with Gasteiger partial charge in [-0.05, 0) is 72.8 Å². The molecule has 0 atom stereocenters. The predicted octanol–water partition coefficient (Wildman–Crippen LogP) is 2.85. The molecule has 0 saturated carbocycles. The van der Waals surface area contributed by atoms with E-state index >= 15 is 0 Å². The van der Waals surface area contributed by atoms with Crippen LogP contribution in [-0.4, -0.2) is 71.2 Å². The minimum atomic E-state index is -4.08. The third-order valence-electron chi connectivity index (χ3n) is 5.51. The Morgan fingerprint density at radius 3 is 1.53 bits per heavy atom. The normalized spacial score (nSPS) is 14.5. The Morgan fingerprint density at radius 2 is 1.11 bits per heavy atom. The number of phenols is 1. The van der Waals surface area contributed by atoms with Crippen molar-refractivity contribution in [2.24, 2.45) is 0 Å². The monoisotopic (exact) mass is 536 g/mol. The summed E-state index contributed by atoms with van der Waals surface area (Å²) in [6.07, 6.45) is 0. The summed E-state index contributed by atoms with van der Waals surface area (Å²) in [4.78, 5) is 2.25. The first-order valence-corrected chi connectivity index (χ1v) is 13.7. The molecule has 1 aliphatic rings. The summed E-state index contributed by atoms with van der Waals surface area (Å²) in [5.41, 5.74) is 0.981. The summed E-state index contributed by atoms with van der Waals surface area (Å²) in [6.45, 7) is 2.07. The van der Waals surface area contributed by atoms with Gasteiger partial charge in [0.2, 0.25) is 10.0 Å². The van der Waals surface area contributed by atoms with Crippen molar-refractivity contribution in [3.63, 3.8) is 0 Å². The van der Waals surface area contributed by atoms with Crippen molar-refractivity contribution in [2.45, 2.75) is 9.79 Å². The topological polar surface area (TPSA) is 134 Å². The summed E-state index contributed by atoms with van der Waals surface area (Å²) >= 11 is 0. The quantitative estimate of drug-likeness (QED) is 0.456. The lowest BCUT2D eigenvalue weighted by Crippen LogP contribution is -2.48. The van der Waals surface area contributed by atoms with Crippen LogP contribution in [-0.2, 0) is 20.1 Å². The molecular formula is C24H28N2O8S2. The Morgan fingerprint density at radius 1 is 0.667 bits per heavy atom. The van der Waals surface area contributed by atoms with Crippen molar-refractivity contribution in [3.05, 3.63) is 72.8 Å². The number of sulfonamides is 1. The first-order valence-electron chi connectivity index (χ1n) is 10.8. The smallest absolute Gasteiger partial charge is 0.294 e. The summed E-state index contributed by atoms with van der Waals surface area (Å²) in [6, 6.07) is 18.9. The summed E-state index contributed by atoms with van der Waals surface area (Å²) < 4.78 is 66.5. The van der Waals surface area contributed by atoms with Crippen molar-refractivity contribution < 1.29 is 36.0 Å². The highest BCUT2D eigenvalue weighted by atomic mass is 32.2. The van der Waals surface area contributed by atoms with Crippen molar-refractivity contribution in [3.8, 4) is 17.2 Å². The Bertz CT molecular complexity index is 1330. The molecule has 0 spiro atoms. The minimum absolute atomic E-state index is 0.136. The second-order valence-electron chi connectivity index (χ2n) is 7.73. The summed E-state index contributed by atoms with van der Waals surface area (Å²) in [7, 11) is -4.55. The van der Waals surface area contributed by atoms with Crippen LogP contribution in [0.25, 0.3) is 0 Å². The van der Waals surface area contributed by atoms with Crippen molar-refractivity contribution in [2.75, 3.05) is 45.3 Å². The maximum absolute atomic E-state index is 12.7. The molecular weight excluding hydrogens is 508 g/mol. The van der Waals surface area contributed by atoms with E-state index < -0.39 is 20.1 Å². The van der Waals surface area contributed by atoms with Gasteiger partial charge in [0, 0.05) is 31.9 Å². The second-order valence-corrected chi connectivity index (χ2v) is 11.1. The van der Waals surface area contributed by atoms with Gasteiger partial charge in [-0.2, -0.15) is 12.7 Å². The molecule has 194 valence electrons. The van der Waals surface area contributed by atoms with Crippen LogP contribution >= 0.6 is 0 Å². The van der Waals surface area contributed by atoms with E-state index in [-0.39, 0.29) is 15.5 Å². The van der Waals surface area contributed by atoms with E-state index in [9.17, 15) is 21.9 Å². The number of anilines is 1. The van der Waals surface area contributed by atoms with Crippen LogP contribution < -0.4 is 14.4 Å². The fourth-order valence-electron chi connectivity index (χ4n) is 3.49. The lowest BCUT2D eigenvalue weighted by atomic mass is 10.2. The maximum atomic E-state index is 12.7. The van der Waals surface area contributed by atoms with E-state index in [4.69, 9.17) is 14.0 Å². The Hall–Kier alpha value is -3.32. The van der Waals surface area contributed by atoms with Crippen LogP contribution in [0.2, 0.25) is 0 Å². The number of hydrogen-bond donors (Lipinski definition) is 2. The lowest BCUT2D eigenvalue weighted by Gasteiger charge is -2.35. The number of benzene rings is 3. The molecule has 0 amide bonds. The van der Waals surface area contributed by atoms with Crippen LogP contribution in [0, 0.1) is 0 Å². The number of piperazine rings is 1. The second kappa shape index (κ2) is 11.6. The largest absolute Gasteiger partial charge is 0.508 e. The van der Waals surface area contributed by atoms with Gasteiger partial charge >= 0.3 is 0 Å². The molecule has 0 aromatic heterocycles. The maximum Gasteiger partial charge on any atom is 0.294 e. The van der Waals surface area contributed by atoms with Gasteiger partial charge in [-0.15, -0.1) is 0 Å². The Labute approximate surface area is 211 Å². The van der Waals surface area contributed by atoms with Gasteiger partial charge in [0.25, 0.3) is 10.1 Å². The lowest BCUT2D eigenvalue weighted by molar-refractivity contribution is 0.384. The van der Waals surface area contributed by atoms with Gasteiger partial charge in [-0.1, -0.05) is 0 Å². The molecule has 1 saturated heterocycles. The molecule has 3 aromatic rings. The zero-order valence-corrected chi connectivity index (χ0v) is 21.4. The number of nitrogens with zero attached hydrogens (tertiary/aromatic N) is 2. The number of ether oxygens (including phenoxy) is 2. The van der Waals surface area contributed by atoms with Gasteiger partial charge < -0.3 is 19.5 Å². The molecule has 12 heteroatoms. The van der Waals surface area contributed by atoms with E-state index in [0.29, 0.717) is 37.7 Å². The van der Waals surface area contributed by atoms with Gasteiger partial charge in [0.1, 0.15) is 17.2 Å². The number of phenolic OH excluding ortho intramolecular Hbond substituents is 1. The molecule has 0 unspecified atom stereocenters. The number of rotatable bonds is 6. The summed E-state index contributed by atoms with van der Waals surface area (Å²) in [5.74, 6) is 1.40. The average Bonchev–Trinajstić information content (AvgIpc) is 2.89. The number of methoxy groups -OCH3 is 2. The summed E-state index contributed by atoms with van der Waals surface area (Å²) in [5, 5.41) is 9.35.